The van der Waals surface area contributed by atoms with Gasteiger partial charge in [-0.3, -0.25) is 15.8 Å². The zero-order valence-electron chi connectivity index (χ0n) is 9.07. The fourth-order valence-corrected chi connectivity index (χ4v) is 1.61. The lowest BCUT2D eigenvalue weighted by molar-refractivity contribution is 0.487. The second kappa shape index (κ2) is 5.11. The van der Waals surface area contributed by atoms with Crippen molar-refractivity contribution in [3.8, 4) is 0 Å². The van der Waals surface area contributed by atoms with Crippen LogP contribution in [0.3, 0.4) is 0 Å². The number of nitrogens with two attached hydrogens (primary N) is 1. The van der Waals surface area contributed by atoms with Crippen molar-refractivity contribution in [3.05, 3.63) is 59.4 Å². The van der Waals surface area contributed by atoms with E-state index in [1.165, 1.54) is 18.6 Å². The predicted octanol–water partition coefficient (Wildman–Crippen LogP) is 1.45. The lowest BCUT2D eigenvalue weighted by Crippen LogP contribution is -2.31. The molecule has 18 heavy (non-hydrogen) atoms. The molecule has 7 heteroatoms. The van der Waals surface area contributed by atoms with Crippen molar-refractivity contribution >= 4 is 0 Å². The topological polar surface area (TPSA) is 63.8 Å². The van der Waals surface area contributed by atoms with Crippen LogP contribution in [0.5, 0.6) is 0 Å². The zero-order chi connectivity index (χ0) is 13.1. The fourth-order valence-electron chi connectivity index (χ4n) is 1.61. The third-order valence-corrected chi connectivity index (χ3v) is 2.38. The normalized spacial score (nSPS) is 12.4. The molecule has 2 rings (SSSR count). The molecule has 1 unspecified atom stereocenters. The van der Waals surface area contributed by atoms with Gasteiger partial charge >= 0.3 is 0 Å². The summed E-state index contributed by atoms with van der Waals surface area (Å²) in [5.41, 5.74) is 2.05. The van der Waals surface area contributed by atoms with E-state index in [4.69, 9.17) is 5.84 Å². The summed E-state index contributed by atoms with van der Waals surface area (Å²) in [5, 5.41) is 0. The largest absolute Gasteiger partial charge is 0.271 e. The van der Waals surface area contributed by atoms with Gasteiger partial charge in [-0.15, -0.1) is 0 Å². The Morgan fingerprint density at radius 1 is 1.11 bits per heavy atom. The molecule has 0 aliphatic carbocycles. The maximum Gasteiger partial charge on any atom is 0.134 e. The first-order valence-electron chi connectivity index (χ1n) is 5.00. The Bertz CT molecular complexity index is 524. The molecular formula is C11H9F3N4. The molecule has 94 valence electrons. The smallest absolute Gasteiger partial charge is 0.134 e. The van der Waals surface area contributed by atoms with Crippen LogP contribution in [0.4, 0.5) is 13.2 Å². The predicted molar refractivity (Wildman–Crippen MR) is 57.5 cm³/mol. The van der Waals surface area contributed by atoms with Crippen LogP contribution in [-0.4, -0.2) is 9.97 Å². The minimum Gasteiger partial charge on any atom is -0.271 e. The monoisotopic (exact) mass is 254 g/mol. The molecule has 4 nitrogen and oxygen atoms in total. The van der Waals surface area contributed by atoms with Crippen molar-refractivity contribution < 1.29 is 13.2 Å². The first kappa shape index (κ1) is 12.5. The lowest BCUT2D eigenvalue weighted by atomic mass is 10.0. The number of nitrogens with zero attached hydrogens (tertiary/aromatic N) is 2. The Kier molecular flexibility index (Phi) is 3.54. The van der Waals surface area contributed by atoms with Gasteiger partial charge in [-0.05, 0) is 0 Å². The van der Waals surface area contributed by atoms with Crippen molar-refractivity contribution in [2.45, 2.75) is 6.04 Å². The quantitative estimate of drug-likeness (QED) is 0.642. The van der Waals surface area contributed by atoms with Gasteiger partial charge in [0.1, 0.15) is 17.5 Å². The van der Waals surface area contributed by atoms with E-state index in [0.29, 0.717) is 12.1 Å². The van der Waals surface area contributed by atoms with E-state index in [1.54, 1.807) is 0 Å². The lowest BCUT2D eigenvalue weighted by Gasteiger charge is -2.16. The Morgan fingerprint density at radius 3 is 2.28 bits per heavy atom. The van der Waals surface area contributed by atoms with Gasteiger partial charge in [-0.2, -0.15) is 0 Å². The van der Waals surface area contributed by atoms with Gasteiger partial charge in [0.15, 0.2) is 0 Å². The average Bonchev–Trinajstić information content (AvgIpc) is 2.34. The first-order chi connectivity index (χ1) is 8.63. The van der Waals surface area contributed by atoms with Gasteiger partial charge in [0, 0.05) is 30.1 Å². The molecule has 0 spiro atoms. The molecule has 0 radical (unpaired) electrons. The number of halogens is 3. The summed E-state index contributed by atoms with van der Waals surface area (Å²) in [7, 11) is 0. The van der Waals surface area contributed by atoms with Crippen LogP contribution in [-0.2, 0) is 0 Å². The maximum absolute atomic E-state index is 13.6. The number of benzene rings is 1. The molecule has 0 aliphatic heterocycles. The van der Waals surface area contributed by atoms with Gasteiger partial charge < -0.3 is 0 Å². The number of hydrazine groups is 1. The number of nitrogens with one attached hydrogen (secondary N) is 1. The number of rotatable bonds is 3. The molecular weight excluding hydrogens is 245 g/mol. The van der Waals surface area contributed by atoms with Crippen LogP contribution < -0.4 is 11.3 Å². The fraction of sp³-hybridized carbons (Fsp3) is 0.0909. The van der Waals surface area contributed by atoms with Crippen LogP contribution in [0.2, 0.25) is 0 Å². The molecule has 1 aromatic heterocycles. The van der Waals surface area contributed by atoms with E-state index in [-0.39, 0.29) is 5.69 Å². The molecule has 0 bridgehead atoms. The minimum absolute atomic E-state index is 0.226. The molecule has 0 saturated carbocycles. The standard InChI is InChI=1S/C11H9F3N4/c12-6-3-7(13)10(8(14)4-6)11(18-15)9-5-16-1-2-17-9/h1-5,11,18H,15H2. The molecule has 3 N–H and O–H groups in total. The van der Waals surface area contributed by atoms with Gasteiger partial charge in [0.2, 0.25) is 0 Å². The van der Waals surface area contributed by atoms with E-state index < -0.39 is 29.1 Å². The molecule has 0 amide bonds. The van der Waals surface area contributed by atoms with E-state index in [9.17, 15) is 13.2 Å². The van der Waals surface area contributed by atoms with Crippen molar-refractivity contribution in [1.82, 2.24) is 15.4 Å². The third kappa shape index (κ3) is 2.31. The Balaban J connectivity index is 2.52. The maximum atomic E-state index is 13.6. The van der Waals surface area contributed by atoms with E-state index in [1.807, 2.05) is 0 Å². The molecule has 2 aromatic rings. The average molecular weight is 254 g/mol. The van der Waals surface area contributed by atoms with Gasteiger partial charge in [-0.1, -0.05) is 0 Å². The van der Waals surface area contributed by atoms with Crippen LogP contribution in [0.1, 0.15) is 17.3 Å². The number of hydrogen-bond donors (Lipinski definition) is 2. The van der Waals surface area contributed by atoms with Crippen LogP contribution in [0.15, 0.2) is 30.7 Å². The second-order valence-electron chi connectivity index (χ2n) is 3.51. The third-order valence-electron chi connectivity index (χ3n) is 2.38. The molecule has 1 heterocycles. The van der Waals surface area contributed by atoms with Crippen molar-refractivity contribution in [2.75, 3.05) is 0 Å². The van der Waals surface area contributed by atoms with Crippen molar-refractivity contribution in [3.63, 3.8) is 0 Å². The summed E-state index contributed by atoms with van der Waals surface area (Å²) in [6.07, 6.45) is 4.08. The van der Waals surface area contributed by atoms with Crippen LogP contribution >= 0.6 is 0 Å². The van der Waals surface area contributed by atoms with Gasteiger partial charge in [0.25, 0.3) is 0 Å². The van der Waals surface area contributed by atoms with Crippen LogP contribution in [0.25, 0.3) is 0 Å². The zero-order valence-corrected chi connectivity index (χ0v) is 9.07. The summed E-state index contributed by atoms with van der Waals surface area (Å²) in [6.45, 7) is 0. The molecule has 0 saturated heterocycles. The highest BCUT2D eigenvalue weighted by molar-refractivity contribution is 5.29. The van der Waals surface area contributed by atoms with E-state index in [0.717, 1.165) is 0 Å². The summed E-state index contributed by atoms with van der Waals surface area (Å²) in [5.74, 6) is 2.19. The van der Waals surface area contributed by atoms with E-state index >= 15 is 0 Å². The van der Waals surface area contributed by atoms with Crippen LogP contribution in [0, 0.1) is 17.5 Å². The molecule has 1 atom stereocenters. The highest BCUT2D eigenvalue weighted by Gasteiger charge is 2.23. The summed E-state index contributed by atoms with van der Waals surface area (Å²) in [6, 6.07) is 0.123. The van der Waals surface area contributed by atoms with Crippen molar-refractivity contribution in [2.24, 2.45) is 5.84 Å². The molecule has 0 aliphatic rings. The highest BCUT2D eigenvalue weighted by Crippen LogP contribution is 2.25. The minimum atomic E-state index is -1.04. The molecule has 0 fully saturated rings. The highest BCUT2D eigenvalue weighted by atomic mass is 19.1. The second-order valence-corrected chi connectivity index (χ2v) is 3.51. The summed E-state index contributed by atoms with van der Waals surface area (Å²) >= 11 is 0. The number of hydrogen-bond acceptors (Lipinski definition) is 4. The molecule has 1 aromatic carbocycles. The first-order valence-corrected chi connectivity index (χ1v) is 5.00. The van der Waals surface area contributed by atoms with Gasteiger partial charge in [-0.25, -0.2) is 18.6 Å². The summed E-state index contributed by atoms with van der Waals surface area (Å²) < 4.78 is 40.0. The Hall–Kier alpha value is -1.99. The van der Waals surface area contributed by atoms with E-state index in [2.05, 4.69) is 15.4 Å². The van der Waals surface area contributed by atoms with Crippen molar-refractivity contribution in [1.29, 1.82) is 0 Å². The summed E-state index contributed by atoms with van der Waals surface area (Å²) in [4.78, 5) is 7.68. The van der Waals surface area contributed by atoms with Gasteiger partial charge in [0.05, 0.1) is 17.9 Å². The number of aromatic nitrogens is 2. The Morgan fingerprint density at radius 2 is 1.78 bits per heavy atom. The SMILES string of the molecule is NNC(c1cnccn1)c1c(F)cc(F)cc1F. The Labute approximate surface area is 101 Å².